The molecular formula is C30H30O7S. The number of carbonyl (C=O) groups excluding carboxylic acids is 1. The van der Waals surface area contributed by atoms with Gasteiger partial charge in [0.1, 0.15) is 16.7 Å². The van der Waals surface area contributed by atoms with Crippen LogP contribution in [0.25, 0.3) is 0 Å². The summed E-state index contributed by atoms with van der Waals surface area (Å²) in [7, 11) is -4.10. The highest BCUT2D eigenvalue weighted by molar-refractivity contribution is 7.87. The third kappa shape index (κ3) is 5.31. The van der Waals surface area contributed by atoms with Gasteiger partial charge < -0.3 is 14.0 Å². The van der Waals surface area contributed by atoms with Gasteiger partial charge in [-0.05, 0) is 91.5 Å². The second-order valence-corrected chi connectivity index (χ2v) is 11.8. The summed E-state index contributed by atoms with van der Waals surface area (Å²) in [5.41, 5.74) is 3.80. The molecule has 0 spiro atoms. The van der Waals surface area contributed by atoms with Gasteiger partial charge in [0.15, 0.2) is 12.0 Å². The summed E-state index contributed by atoms with van der Waals surface area (Å²) >= 11 is 0. The summed E-state index contributed by atoms with van der Waals surface area (Å²) in [6.45, 7) is 3.62. The monoisotopic (exact) mass is 534 g/mol. The third-order valence-electron chi connectivity index (χ3n) is 7.52. The van der Waals surface area contributed by atoms with Gasteiger partial charge in [-0.2, -0.15) is 8.42 Å². The lowest BCUT2D eigenvalue weighted by Crippen LogP contribution is -2.21. The molecule has 1 aliphatic heterocycles. The van der Waals surface area contributed by atoms with Gasteiger partial charge in [-0.3, -0.25) is 9.59 Å². The van der Waals surface area contributed by atoms with Crippen molar-refractivity contribution < 1.29 is 32.0 Å². The van der Waals surface area contributed by atoms with Crippen LogP contribution in [0.2, 0.25) is 0 Å². The fourth-order valence-electron chi connectivity index (χ4n) is 5.21. The fraction of sp³-hybridized carbons (Fsp3) is 0.333. The van der Waals surface area contributed by atoms with E-state index in [1.165, 1.54) is 18.2 Å². The number of carboxylic acid groups (broad SMARTS) is 1. The Labute approximate surface area is 222 Å². The lowest BCUT2D eigenvalue weighted by atomic mass is 9.82. The molecule has 38 heavy (non-hydrogen) atoms. The van der Waals surface area contributed by atoms with E-state index < -0.39 is 22.0 Å². The standard InChI is InChI=1S/C30H30O7S/c1-18-3-11-25(12-4-18)38(34,35)37-27-14-10-22(15-24(27)17-31)26-13-9-20-5-8-23(16-28(20)36-26)29(21-6-7-21)19(2)30(32)33/h3-5,8,10-12,14-17,19,21,26,29H,6-7,9,13H2,1-2H3,(H,32,33)/t19-,26?,29-/m0/s1. The van der Waals surface area contributed by atoms with E-state index in [1.54, 1.807) is 31.2 Å². The van der Waals surface area contributed by atoms with Gasteiger partial charge in [0.25, 0.3) is 0 Å². The van der Waals surface area contributed by atoms with Crippen molar-refractivity contribution in [2.75, 3.05) is 0 Å². The van der Waals surface area contributed by atoms with Crippen molar-refractivity contribution >= 4 is 22.4 Å². The highest BCUT2D eigenvalue weighted by atomic mass is 32.2. The molecule has 7 nitrogen and oxygen atoms in total. The minimum Gasteiger partial charge on any atom is -0.485 e. The van der Waals surface area contributed by atoms with Gasteiger partial charge in [0, 0.05) is 0 Å². The Hall–Kier alpha value is -3.65. The van der Waals surface area contributed by atoms with Crippen LogP contribution in [0.3, 0.4) is 0 Å². The second-order valence-electron chi connectivity index (χ2n) is 10.3. The normalized spacial score (nSPS) is 18.5. The first-order chi connectivity index (χ1) is 18.2. The molecule has 0 bridgehead atoms. The van der Waals surface area contributed by atoms with Crippen LogP contribution in [0, 0.1) is 18.8 Å². The molecule has 1 saturated carbocycles. The summed E-state index contributed by atoms with van der Waals surface area (Å²) in [5.74, 6) is -0.298. The third-order valence-corrected chi connectivity index (χ3v) is 8.77. The maximum atomic E-state index is 12.7. The zero-order chi connectivity index (χ0) is 27.0. The molecule has 1 fully saturated rings. The first-order valence-corrected chi connectivity index (χ1v) is 14.2. The summed E-state index contributed by atoms with van der Waals surface area (Å²) in [6.07, 6.45) is 3.75. The van der Waals surface area contributed by atoms with Crippen molar-refractivity contribution in [1.29, 1.82) is 0 Å². The molecule has 3 atom stereocenters. The van der Waals surface area contributed by atoms with E-state index >= 15 is 0 Å². The van der Waals surface area contributed by atoms with Gasteiger partial charge in [-0.25, -0.2) is 0 Å². The minimum atomic E-state index is -4.10. The number of aliphatic carboxylic acids is 1. The quantitative estimate of drug-likeness (QED) is 0.271. The largest absolute Gasteiger partial charge is 0.485 e. The van der Waals surface area contributed by atoms with Gasteiger partial charge in [0.2, 0.25) is 0 Å². The molecule has 0 radical (unpaired) electrons. The first-order valence-electron chi connectivity index (χ1n) is 12.8. The highest BCUT2D eigenvalue weighted by Crippen LogP contribution is 2.48. The molecule has 0 amide bonds. The maximum Gasteiger partial charge on any atom is 0.339 e. The number of hydrogen-bond donors (Lipinski definition) is 1. The number of aryl methyl sites for hydroxylation is 2. The smallest absolute Gasteiger partial charge is 0.339 e. The number of hydrogen-bond acceptors (Lipinski definition) is 6. The maximum absolute atomic E-state index is 12.7. The Balaban J connectivity index is 1.38. The van der Waals surface area contributed by atoms with Crippen LogP contribution >= 0.6 is 0 Å². The molecule has 5 rings (SSSR count). The van der Waals surface area contributed by atoms with E-state index in [0.29, 0.717) is 18.6 Å². The number of rotatable bonds is 9. The molecule has 198 valence electrons. The number of carbonyl (C=O) groups is 2. The predicted octanol–water partition coefficient (Wildman–Crippen LogP) is 5.86. The SMILES string of the molecule is Cc1ccc(S(=O)(=O)Oc2ccc(C3CCc4ccc([C@H](C5CC5)[C@H](C)C(=O)O)cc4O3)cc2C=O)cc1. The average Bonchev–Trinajstić information content (AvgIpc) is 3.74. The van der Waals surface area contributed by atoms with E-state index in [4.69, 9.17) is 8.92 Å². The Morgan fingerprint density at radius 2 is 1.79 bits per heavy atom. The van der Waals surface area contributed by atoms with E-state index in [2.05, 4.69) is 0 Å². The Morgan fingerprint density at radius 3 is 2.45 bits per heavy atom. The average molecular weight is 535 g/mol. The van der Waals surface area contributed by atoms with Crippen LogP contribution in [0.4, 0.5) is 0 Å². The van der Waals surface area contributed by atoms with Crippen molar-refractivity contribution in [3.05, 3.63) is 88.5 Å². The number of fused-ring (bicyclic) bond motifs is 1. The van der Waals surface area contributed by atoms with Crippen molar-refractivity contribution in [3.63, 3.8) is 0 Å². The molecule has 8 heteroatoms. The van der Waals surface area contributed by atoms with E-state index in [1.807, 2.05) is 25.1 Å². The Kier molecular flexibility index (Phi) is 7.01. The summed E-state index contributed by atoms with van der Waals surface area (Å²) < 4.78 is 37.1. The van der Waals surface area contributed by atoms with E-state index in [-0.39, 0.29) is 28.2 Å². The van der Waals surface area contributed by atoms with Crippen LogP contribution in [-0.4, -0.2) is 25.8 Å². The van der Waals surface area contributed by atoms with E-state index in [9.17, 15) is 23.1 Å². The number of aldehydes is 1. The zero-order valence-corrected chi connectivity index (χ0v) is 22.1. The fourth-order valence-corrected chi connectivity index (χ4v) is 6.17. The Bertz CT molecular complexity index is 1470. The highest BCUT2D eigenvalue weighted by Gasteiger charge is 2.39. The molecule has 1 N–H and O–H groups in total. The van der Waals surface area contributed by atoms with Gasteiger partial charge in [0.05, 0.1) is 11.5 Å². The van der Waals surface area contributed by atoms with Crippen molar-refractivity contribution in [2.24, 2.45) is 11.8 Å². The topological polar surface area (TPSA) is 107 Å². The lowest BCUT2D eigenvalue weighted by Gasteiger charge is -2.29. The van der Waals surface area contributed by atoms with Gasteiger partial charge in [-0.1, -0.05) is 42.8 Å². The molecule has 3 aromatic carbocycles. The summed E-state index contributed by atoms with van der Waals surface area (Å²) in [5, 5.41) is 9.63. The number of carboxylic acids is 1. The molecular weight excluding hydrogens is 504 g/mol. The summed E-state index contributed by atoms with van der Waals surface area (Å²) in [6, 6.07) is 17.1. The second kappa shape index (κ2) is 10.3. The van der Waals surface area contributed by atoms with Crippen LogP contribution in [0.15, 0.2) is 65.6 Å². The molecule has 1 heterocycles. The summed E-state index contributed by atoms with van der Waals surface area (Å²) in [4.78, 5) is 23.6. The van der Waals surface area contributed by atoms with Gasteiger partial charge >= 0.3 is 16.1 Å². The number of benzene rings is 3. The van der Waals surface area contributed by atoms with Crippen molar-refractivity contribution in [3.8, 4) is 11.5 Å². The zero-order valence-electron chi connectivity index (χ0n) is 21.3. The van der Waals surface area contributed by atoms with Crippen LogP contribution < -0.4 is 8.92 Å². The predicted molar refractivity (Wildman–Crippen MR) is 141 cm³/mol. The molecule has 3 aromatic rings. The van der Waals surface area contributed by atoms with Crippen molar-refractivity contribution in [2.45, 2.75) is 56.4 Å². The minimum absolute atomic E-state index is 0.00812. The first kappa shape index (κ1) is 26.0. The van der Waals surface area contributed by atoms with E-state index in [0.717, 1.165) is 47.3 Å². The number of ether oxygens (including phenoxy) is 1. The van der Waals surface area contributed by atoms with Crippen LogP contribution in [0.5, 0.6) is 11.5 Å². The molecule has 1 unspecified atom stereocenters. The lowest BCUT2D eigenvalue weighted by molar-refractivity contribution is -0.142. The molecule has 0 aromatic heterocycles. The Morgan fingerprint density at radius 1 is 1.05 bits per heavy atom. The molecule has 2 aliphatic rings. The van der Waals surface area contributed by atoms with Crippen molar-refractivity contribution in [1.82, 2.24) is 0 Å². The molecule has 1 aliphatic carbocycles. The van der Waals surface area contributed by atoms with Gasteiger partial charge in [-0.15, -0.1) is 0 Å². The molecule has 0 saturated heterocycles. The van der Waals surface area contributed by atoms with Crippen LogP contribution in [0.1, 0.15) is 70.8 Å². The van der Waals surface area contributed by atoms with Crippen LogP contribution in [-0.2, 0) is 21.3 Å².